The molecule has 0 spiro atoms. The van der Waals surface area contributed by atoms with E-state index < -0.39 is 11.2 Å². The van der Waals surface area contributed by atoms with E-state index in [-0.39, 0.29) is 23.8 Å². The van der Waals surface area contributed by atoms with Crippen LogP contribution >= 0.6 is 0 Å². The van der Waals surface area contributed by atoms with Gasteiger partial charge >= 0.3 is 5.69 Å². The van der Waals surface area contributed by atoms with Gasteiger partial charge < -0.3 is 15.6 Å². The van der Waals surface area contributed by atoms with Crippen molar-refractivity contribution in [2.75, 3.05) is 24.2 Å². The Hall–Kier alpha value is -3.29. The van der Waals surface area contributed by atoms with E-state index in [1.54, 1.807) is 7.05 Å². The van der Waals surface area contributed by atoms with Crippen molar-refractivity contribution < 1.29 is 4.79 Å². The van der Waals surface area contributed by atoms with Crippen molar-refractivity contribution in [3.63, 3.8) is 0 Å². The van der Waals surface area contributed by atoms with Crippen molar-refractivity contribution in [2.45, 2.75) is 33.2 Å². The minimum atomic E-state index is -0.596. The Morgan fingerprint density at radius 3 is 2.64 bits per heavy atom. The maximum absolute atomic E-state index is 13.0. The van der Waals surface area contributed by atoms with E-state index in [1.165, 1.54) is 9.47 Å². The normalized spacial score (nSPS) is 11.1. The van der Waals surface area contributed by atoms with Gasteiger partial charge in [0.15, 0.2) is 5.78 Å². The summed E-state index contributed by atoms with van der Waals surface area (Å²) in [5, 5.41) is 0.841. The fourth-order valence-corrected chi connectivity index (χ4v) is 3.49. The number of carbonyl (C=O) groups is 1. The molecule has 2 heterocycles. The highest BCUT2D eigenvalue weighted by Gasteiger charge is 2.21. The first kappa shape index (κ1) is 19.5. The molecule has 2 aromatic heterocycles. The number of carbonyl (C=O) groups excluding carboxylic acids is 1. The first-order valence-electron chi connectivity index (χ1n) is 9.29. The molecule has 0 atom stereocenters. The van der Waals surface area contributed by atoms with Gasteiger partial charge in [-0.25, -0.2) is 4.79 Å². The highest BCUT2D eigenvalue weighted by molar-refractivity contribution is 6.11. The van der Waals surface area contributed by atoms with Crippen LogP contribution in [0.25, 0.3) is 10.9 Å². The monoisotopic (exact) mass is 383 g/mol. The molecule has 0 saturated heterocycles. The molecule has 0 radical (unpaired) electrons. The van der Waals surface area contributed by atoms with Crippen LogP contribution in [0.1, 0.15) is 35.8 Å². The fourth-order valence-electron chi connectivity index (χ4n) is 3.49. The lowest BCUT2D eigenvalue weighted by Gasteiger charge is -2.21. The molecular weight excluding hydrogens is 358 g/mol. The van der Waals surface area contributed by atoms with Crippen LogP contribution in [0.3, 0.4) is 0 Å². The number of aromatic nitrogens is 3. The number of H-pyrrole nitrogens is 2. The van der Waals surface area contributed by atoms with E-state index in [2.05, 4.69) is 9.97 Å². The van der Waals surface area contributed by atoms with E-state index in [0.717, 1.165) is 29.4 Å². The number of rotatable bonds is 7. The van der Waals surface area contributed by atoms with Crippen LogP contribution in [0, 0.1) is 6.92 Å². The Kier molecular flexibility index (Phi) is 5.39. The topological polar surface area (TPSA) is 117 Å². The zero-order chi connectivity index (χ0) is 20.4. The van der Waals surface area contributed by atoms with Crippen molar-refractivity contribution in [2.24, 2.45) is 0 Å². The Morgan fingerprint density at radius 1 is 1.21 bits per heavy atom. The van der Waals surface area contributed by atoms with Crippen molar-refractivity contribution in [1.82, 2.24) is 14.5 Å². The van der Waals surface area contributed by atoms with Crippen LogP contribution in [-0.4, -0.2) is 33.9 Å². The van der Waals surface area contributed by atoms with Crippen molar-refractivity contribution in [3.8, 4) is 0 Å². The number of nitrogens with one attached hydrogen (secondary N) is 2. The summed E-state index contributed by atoms with van der Waals surface area (Å²) in [6.07, 6.45) is 1.64. The summed E-state index contributed by atoms with van der Waals surface area (Å²) in [6.45, 7) is 4.22. The van der Waals surface area contributed by atoms with Gasteiger partial charge in [0.2, 0.25) is 0 Å². The molecule has 28 heavy (non-hydrogen) atoms. The molecule has 0 aliphatic carbocycles. The van der Waals surface area contributed by atoms with Gasteiger partial charge in [-0.3, -0.25) is 19.1 Å². The molecule has 3 aromatic rings. The summed E-state index contributed by atoms with van der Waals surface area (Å²) in [5.41, 5.74) is 7.37. The van der Waals surface area contributed by atoms with Crippen molar-refractivity contribution >= 4 is 28.2 Å². The molecule has 0 saturated carbocycles. The summed E-state index contributed by atoms with van der Waals surface area (Å²) in [4.78, 5) is 44.4. The summed E-state index contributed by atoms with van der Waals surface area (Å²) in [5.74, 6) is -0.0595. The number of aryl methyl sites for hydroxylation is 1. The Morgan fingerprint density at radius 2 is 1.93 bits per heavy atom. The number of anilines is 2. The Balaban J connectivity index is 1.95. The minimum Gasteiger partial charge on any atom is -0.383 e. The van der Waals surface area contributed by atoms with Crippen LogP contribution in [-0.2, 0) is 6.54 Å². The van der Waals surface area contributed by atoms with E-state index in [9.17, 15) is 14.4 Å². The average Bonchev–Trinajstić information content (AvgIpc) is 2.96. The summed E-state index contributed by atoms with van der Waals surface area (Å²) >= 11 is 0. The second kappa shape index (κ2) is 7.75. The van der Waals surface area contributed by atoms with Gasteiger partial charge in [0.1, 0.15) is 11.5 Å². The second-order valence-corrected chi connectivity index (χ2v) is 6.95. The maximum Gasteiger partial charge on any atom is 0.330 e. The van der Waals surface area contributed by atoms with Gasteiger partial charge in [-0.1, -0.05) is 31.5 Å². The Bertz CT molecular complexity index is 1140. The maximum atomic E-state index is 13.0. The van der Waals surface area contributed by atoms with Gasteiger partial charge in [-0.05, 0) is 19.4 Å². The zero-order valence-corrected chi connectivity index (χ0v) is 16.3. The molecule has 0 aliphatic rings. The number of para-hydroxylation sites is 1. The van der Waals surface area contributed by atoms with E-state index in [1.807, 2.05) is 38.1 Å². The third-order valence-corrected chi connectivity index (χ3v) is 4.88. The number of likely N-dealkylation sites (N-methyl/N-ethyl adjacent to an activating group) is 1. The highest BCUT2D eigenvalue weighted by Crippen LogP contribution is 2.23. The summed E-state index contributed by atoms with van der Waals surface area (Å²) in [6, 6.07) is 7.58. The van der Waals surface area contributed by atoms with E-state index in [4.69, 9.17) is 5.73 Å². The minimum absolute atomic E-state index is 0.0397. The number of nitrogens with zero attached hydrogens (tertiary/aromatic N) is 2. The molecule has 0 aliphatic heterocycles. The quantitative estimate of drug-likeness (QED) is 0.540. The number of unbranched alkanes of at least 4 members (excludes halogenated alkanes) is 1. The molecule has 0 unspecified atom stereocenters. The van der Waals surface area contributed by atoms with Gasteiger partial charge in [0.25, 0.3) is 5.56 Å². The van der Waals surface area contributed by atoms with Crippen LogP contribution < -0.4 is 21.9 Å². The standard InChI is InChI=1S/C20H25N5O3/c1-4-5-10-25-18(21)17(19(27)23-20(25)28)24(3)11-15(26)16-12(2)22-14-9-7-6-8-13(14)16/h6-9,22H,4-5,10-11,21H2,1-3H3,(H,23,27,28). The van der Waals surface area contributed by atoms with Crippen molar-refractivity contribution in [1.29, 1.82) is 0 Å². The summed E-state index contributed by atoms with van der Waals surface area (Å²) < 4.78 is 1.35. The smallest absolute Gasteiger partial charge is 0.330 e. The number of hydrogen-bond acceptors (Lipinski definition) is 5. The van der Waals surface area contributed by atoms with E-state index in [0.29, 0.717) is 12.1 Å². The molecule has 8 nitrogen and oxygen atoms in total. The first-order chi connectivity index (χ1) is 13.3. The highest BCUT2D eigenvalue weighted by atomic mass is 16.2. The molecule has 3 rings (SSSR count). The molecule has 8 heteroatoms. The molecule has 0 fully saturated rings. The predicted molar refractivity (Wildman–Crippen MR) is 111 cm³/mol. The number of aromatic amines is 2. The third kappa shape index (κ3) is 3.45. The molecule has 4 N–H and O–H groups in total. The lowest BCUT2D eigenvalue weighted by Crippen LogP contribution is -2.38. The van der Waals surface area contributed by atoms with Gasteiger partial charge in [0.05, 0.1) is 6.54 Å². The van der Waals surface area contributed by atoms with Gasteiger partial charge in [-0.15, -0.1) is 0 Å². The number of ketones is 1. The number of Topliss-reactive ketones (excluding diaryl/α,β-unsaturated/α-hetero) is 1. The predicted octanol–water partition coefficient (Wildman–Crippen LogP) is 2.03. The van der Waals surface area contributed by atoms with Crippen molar-refractivity contribution in [3.05, 3.63) is 56.4 Å². The number of nitrogens with two attached hydrogens (primary N) is 1. The number of fused-ring (bicyclic) bond motifs is 1. The second-order valence-electron chi connectivity index (χ2n) is 6.95. The number of nitrogen functional groups attached to an aromatic ring is 1. The zero-order valence-electron chi connectivity index (χ0n) is 16.3. The van der Waals surface area contributed by atoms with Gasteiger partial charge in [-0.2, -0.15) is 0 Å². The SMILES string of the molecule is CCCCn1c(N)c(N(C)CC(=O)c2c(C)[nH]c3ccccc23)c(=O)[nH]c1=O. The Labute approximate surface area is 162 Å². The fraction of sp³-hybridized carbons (Fsp3) is 0.350. The molecular formula is C20H25N5O3. The van der Waals surface area contributed by atoms with Crippen LogP contribution in [0.4, 0.5) is 11.5 Å². The average molecular weight is 383 g/mol. The first-order valence-corrected chi connectivity index (χ1v) is 9.29. The molecule has 1 aromatic carbocycles. The molecule has 0 bridgehead atoms. The van der Waals surface area contributed by atoms with Crippen LogP contribution in [0.5, 0.6) is 0 Å². The van der Waals surface area contributed by atoms with Crippen LogP contribution in [0.2, 0.25) is 0 Å². The molecule has 148 valence electrons. The lowest BCUT2D eigenvalue weighted by molar-refractivity contribution is 0.100. The number of benzene rings is 1. The van der Waals surface area contributed by atoms with Crippen LogP contribution in [0.15, 0.2) is 33.9 Å². The third-order valence-electron chi connectivity index (χ3n) is 4.88. The largest absolute Gasteiger partial charge is 0.383 e. The van der Waals surface area contributed by atoms with E-state index >= 15 is 0 Å². The van der Waals surface area contributed by atoms with Gasteiger partial charge in [0, 0.05) is 35.8 Å². The molecule has 0 amide bonds. The lowest BCUT2D eigenvalue weighted by atomic mass is 10.1. The summed E-state index contributed by atoms with van der Waals surface area (Å²) in [7, 11) is 1.62. The number of hydrogen-bond donors (Lipinski definition) is 3.